The van der Waals surface area contributed by atoms with Crippen LogP contribution in [0.3, 0.4) is 0 Å². The van der Waals surface area contributed by atoms with E-state index < -0.39 is 12.0 Å². The van der Waals surface area contributed by atoms with Crippen LogP contribution in [0.15, 0.2) is 4.52 Å². The van der Waals surface area contributed by atoms with Crippen molar-refractivity contribution in [2.24, 2.45) is 5.92 Å². The van der Waals surface area contributed by atoms with E-state index in [1.165, 1.54) is 12.8 Å². The maximum atomic E-state index is 11.6. The number of carboxylic acid groups (broad SMARTS) is 1. The van der Waals surface area contributed by atoms with Crippen molar-refractivity contribution in [2.75, 3.05) is 0 Å². The van der Waals surface area contributed by atoms with Gasteiger partial charge in [-0.05, 0) is 31.6 Å². The molecule has 22 heavy (non-hydrogen) atoms. The molecule has 2 fully saturated rings. The number of nitrogens with zero attached hydrogens (tertiary/aromatic N) is 3. The summed E-state index contributed by atoms with van der Waals surface area (Å²) in [6, 6.07) is -0.0295. The van der Waals surface area contributed by atoms with Crippen LogP contribution >= 0.6 is 0 Å². The van der Waals surface area contributed by atoms with Crippen molar-refractivity contribution in [1.29, 1.82) is 0 Å². The van der Waals surface area contributed by atoms with Crippen molar-refractivity contribution in [1.82, 2.24) is 15.0 Å². The molecule has 1 saturated carbocycles. The Kier molecular flexibility index (Phi) is 4.76. The van der Waals surface area contributed by atoms with Gasteiger partial charge in [-0.15, -0.1) is 0 Å². The molecule has 0 aromatic carbocycles. The van der Waals surface area contributed by atoms with Gasteiger partial charge in [0.25, 0.3) is 0 Å². The first-order chi connectivity index (χ1) is 10.7. The predicted octanol–water partition coefficient (Wildman–Crippen LogP) is 2.63. The average molecular weight is 307 g/mol. The minimum absolute atomic E-state index is 0.368. The summed E-state index contributed by atoms with van der Waals surface area (Å²) in [4.78, 5) is 18.1. The highest BCUT2D eigenvalue weighted by Crippen LogP contribution is 2.40. The highest BCUT2D eigenvalue weighted by Gasteiger charge is 2.45. The molecule has 122 valence electrons. The fourth-order valence-electron chi connectivity index (χ4n) is 3.97. The summed E-state index contributed by atoms with van der Waals surface area (Å²) in [5.41, 5.74) is 0. The van der Waals surface area contributed by atoms with Crippen LogP contribution in [0.25, 0.3) is 0 Å². The van der Waals surface area contributed by atoms with Gasteiger partial charge < -0.3 is 9.63 Å². The van der Waals surface area contributed by atoms with E-state index in [4.69, 9.17) is 4.52 Å². The zero-order valence-corrected chi connectivity index (χ0v) is 13.2. The Balaban J connectivity index is 1.70. The van der Waals surface area contributed by atoms with Gasteiger partial charge >= 0.3 is 5.97 Å². The van der Waals surface area contributed by atoms with Gasteiger partial charge in [0, 0.05) is 12.5 Å². The molecule has 2 heterocycles. The van der Waals surface area contributed by atoms with E-state index in [2.05, 4.69) is 22.0 Å². The number of hydrogen-bond acceptors (Lipinski definition) is 5. The van der Waals surface area contributed by atoms with Crippen LogP contribution < -0.4 is 0 Å². The van der Waals surface area contributed by atoms with Crippen LogP contribution in [0, 0.1) is 5.92 Å². The number of aromatic nitrogens is 2. The standard InChI is InChI=1S/C16H25N3O3/c1-2-3-8-15-17-14(18-22-15)10-19-12-7-5-4-6-11(12)9-13(19)16(20)21/h11-13H,2-10H2,1H3,(H,20,21). The molecule has 0 bridgehead atoms. The largest absolute Gasteiger partial charge is 0.480 e. The summed E-state index contributed by atoms with van der Waals surface area (Å²) in [7, 11) is 0. The third-order valence-electron chi connectivity index (χ3n) is 5.08. The highest BCUT2D eigenvalue weighted by atomic mass is 16.5. The van der Waals surface area contributed by atoms with E-state index in [-0.39, 0.29) is 0 Å². The lowest BCUT2D eigenvalue weighted by molar-refractivity contribution is -0.143. The molecule has 3 unspecified atom stereocenters. The Morgan fingerprint density at radius 2 is 2.23 bits per heavy atom. The molecule has 2 aliphatic rings. The summed E-state index contributed by atoms with van der Waals surface area (Å²) in [5.74, 6) is 1.09. The van der Waals surface area contributed by atoms with Crippen LogP contribution in [0.4, 0.5) is 0 Å². The van der Waals surface area contributed by atoms with E-state index in [1.54, 1.807) is 0 Å². The molecule has 1 aromatic heterocycles. The number of hydrogen-bond donors (Lipinski definition) is 1. The first-order valence-corrected chi connectivity index (χ1v) is 8.49. The van der Waals surface area contributed by atoms with E-state index in [0.717, 1.165) is 38.5 Å². The minimum atomic E-state index is -0.718. The molecule has 0 amide bonds. The Morgan fingerprint density at radius 1 is 1.41 bits per heavy atom. The SMILES string of the molecule is CCCCc1nc(CN2C(C(=O)O)CC3CCCCC32)no1. The van der Waals surface area contributed by atoms with Crippen LogP contribution in [-0.2, 0) is 17.8 Å². The number of aliphatic carboxylic acids is 1. The molecular weight excluding hydrogens is 282 g/mol. The first kappa shape index (κ1) is 15.5. The van der Waals surface area contributed by atoms with Gasteiger partial charge in [0.15, 0.2) is 5.82 Å². The van der Waals surface area contributed by atoms with E-state index in [9.17, 15) is 9.90 Å². The fraction of sp³-hybridized carbons (Fsp3) is 0.812. The van der Waals surface area contributed by atoms with Crippen LogP contribution in [0.2, 0.25) is 0 Å². The number of unbranched alkanes of at least 4 members (excludes halogenated alkanes) is 1. The van der Waals surface area contributed by atoms with Gasteiger partial charge in [0.05, 0.1) is 6.54 Å². The molecule has 6 nitrogen and oxygen atoms in total. The predicted molar refractivity (Wildman–Crippen MR) is 80.2 cm³/mol. The zero-order valence-electron chi connectivity index (χ0n) is 13.2. The highest BCUT2D eigenvalue weighted by molar-refractivity contribution is 5.74. The zero-order chi connectivity index (χ0) is 15.5. The monoisotopic (exact) mass is 307 g/mol. The van der Waals surface area contributed by atoms with Crippen LogP contribution in [0.1, 0.15) is 63.6 Å². The number of carbonyl (C=O) groups is 1. The molecule has 3 atom stereocenters. The number of fused-ring (bicyclic) bond motifs is 1. The van der Waals surface area contributed by atoms with Crippen molar-refractivity contribution < 1.29 is 14.4 Å². The summed E-state index contributed by atoms with van der Waals surface area (Å²) < 4.78 is 5.27. The van der Waals surface area contributed by atoms with Crippen molar-refractivity contribution in [2.45, 2.75) is 76.9 Å². The maximum Gasteiger partial charge on any atom is 0.320 e. The second kappa shape index (κ2) is 6.77. The number of rotatable bonds is 6. The van der Waals surface area contributed by atoms with Gasteiger partial charge in [-0.1, -0.05) is 31.3 Å². The van der Waals surface area contributed by atoms with Crippen LogP contribution in [-0.4, -0.2) is 38.2 Å². The topological polar surface area (TPSA) is 79.5 Å². The molecule has 0 radical (unpaired) electrons. The molecule has 1 N–H and O–H groups in total. The number of carboxylic acids is 1. The smallest absolute Gasteiger partial charge is 0.320 e. The molecule has 0 spiro atoms. The molecule has 1 aromatic rings. The molecular formula is C16H25N3O3. The lowest BCUT2D eigenvalue weighted by Gasteiger charge is -2.32. The van der Waals surface area contributed by atoms with Crippen molar-refractivity contribution >= 4 is 5.97 Å². The third kappa shape index (κ3) is 3.16. The van der Waals surface area contributed by atoms with Crippen molar-refractivity contribution in [3.63, 3.8) is 0 Å². The Morgan fingerprint density at radius 3 is 3.00 bits per heavy atom. The number of likely N-dealkylation sites (tertiary alicyclic amines) is 1. The molecule has 1 aliphatic heterocycles. The lowest BCUT2D eigenvalue weighted by Crippen LogP contribution is -2.41. The second-order valence-electron chi connectivity index (χ2n) is 6.58. The van der Waals surface area contributed by atoms with E-state index >= 15 is 0 Å². The van der Waals surface area contributed by atoms with Gasteiger partial charge in [0.2, 0.25) is 5.89 Å². The van der Waals surface area contributed by atoms with E-state index in [1.807, 2.05) is 0 Å². The van der Waals surface area contributed by atoms with Gasteiger partial charge in [-0.2, -0.15) is 4.98 Å². The minimum Gasteiger partial charge on any atom is -0.480 e. The summed E-state index contributed by atoms with van der Waals surface area (Å²) >= 11 is 0. The van der Waals surface area contributed by atoms with Crippen molar-refractivity contribution in [3.8, 4) is 0 Å². The van der Waals surface area contributed by atoms with Crippen LogP contribution in [0.5, 0.6) is 0 Å². The second-order valence-corrected chi connectivity index (χ2v) is 6.58. The average Bonchev–Trinajstić information content (AvgIpc) is 3.11. The van der Waals surface area contributed by atoms with Gasteiger partial charge in [-0.25, -0.2) is 0 Å². The summed E-state index contributed by atoms with van der Waals surface area (Å²) in [6.07, 6.45) is 8.36. The van der Waals surface area contributed by atoms with Crippen molar-refractivity contribution in [3.05, 3.63) is 11.7 Å². The Bertz CT molecular complexity index is 516. The van der Waals surface area contributed by atoms with Gasteiger partial charge in [-0.3, -0.25) is 9.69 Å². The third-order valence-corrected chi connectivity index (χ3v) is 5.08. The normalized spacial score (nSPS) is 28.7. The molecule has 6 heteroatoms. The first-order valence-electron chi connectivity index (χ1n) is 8.49. The summed E-state index contributed by atoms with van der Waals surface area (Å²) in [5, 5.41) is 13.6. The van der Waals surface area contributed by atoms with Gasteiger partial charge in [0.1, 0.15) is 6.04 Å². The molecule has 1 saturated heterocycles. The maximum absolute atomic E-state index is 11.6. The lowest BCUT2D eigenvalue weighted by atomic mass is 9.85. The quantitative estimate of drug-likeness (QED) is 0.870. The fourth-order valence-corrected chi connectivity index (χ4v) is 3.97. The molecule has 1 aliphatic carbocycles. The van der Waals surface area contributed by atoms with E-state index in [0.29, 0.717) is 30.2 Å². The Labute approximate surface area is 130 Å². The number of aryl methyl sites for hydroxylation is 1. The Hall–Kier alpha value is -1.43. The molecule has 3 rings (SSSR count). The summed E-state index contributed by atoms with van der Waals surface area (Å²) in [6.45, 7) is 2.62.